The molecule has 1 unspecified atom stereocenters. The molecule has 0 saturated heterocycles. The van der Waals surface area contributed by atoms with Gasteiger partial charge in [0.1, 0.15) is 5.82 Å². The maximum atomic E-state index is 13.2. The van der Waals surface area contributed by atoms with E-state index in [1.807, 2.05) is 0 Å². The van der Waals surface area contributed by atoms with E-state index in [0.717, 1.165) is 24.3 Å². The van der Waals surface area contributed by atoms with E-state index in [0.29, 0.717) is 6.07 Å². The number of nitriles is 1. The first-order valence-electron chi connectivity index (χ1n) is 8.35. The number of alkyl halides is 3. The SMILES string of the molecule is CCS(=O)(=O)CC(C(=O)Nc1ccc(C#N)c(C(F)(F)F)c1)c1ccc(F)cc1. The van der Waals surface area contributed by atoms with Crippen LogP contribution < -0.4 is 5.32 Å². The highest BCUT2D eigenvalue weighted by Gasteiger charge is 2.34. The predicted octanol–water partition coefficient (Wildman–Crippen LogP) is 3.87. The number of halogens is 4. The van der Waals surface area contributed by atoms with Crippen LogP contribution in [0.5, 0.6) is 0 Å². The lowest BCUT2D eigenvalue weighted by molar-refractivity contribution is -0.137. The molecule has 2 aromatic rings. The van der Waals surface area contributed by atoms with Crippen molar-refractivity contribution in [3.63, 3.8) is 0 Å². The summed E-state index contributed by atoms with van der Waals surface area (Å²) in [6.45, 7) is 1.39. The van der Waals surface area contributed by atoms with Gasteiger partial charge in [0.25, 0.3) is 0 Å². The monoisotopic (exact) mass is 428 g/mol. The zero-order valence-corrected chi connectivity index (χ0v) is 15.9. The molecule has 2 rings (SSSR count). The number of hydrogen-bond donors (Lipinski definition) is 1. The average molecular weight is 428 g/mol. The van der Waals surface area contributed by atoms with Crippen molar-refractivity contribution in [2.24, 2.45) is 0 Å². The van der Waals surface area contributed by atoms with Crippen LogP contribution in [0.3, 0.4) is 0 Å². The molecule has 0 aliphatic rings. The average Bonchev–Trinajstić information content (AvgIpc) is 2.66. The van der Waals surface area contributed by atoms with Gasteiger partial charge >= 0.3 is 6.18 Å². The highest BCUT2D eigenvalue weighted by atomic mass is 32.2. The summed E-state index contributed by atoms with van der Waals surface area (Å²) >= 11 is 0. The van der Waals surface area contributed by atoms with E-state index in [1.54, 1.807) is 0 Å². The quantitative estimate of drug-likeness (QED) is 0.708. The first kappa shape index (κ1) is 22.4. The van der Waals surface area contributed by atoms with Gasteiger partial charge in [0.05, 0.1) is 28.9 Å². The van der Waals surface area contributed by atoms with Crippen LogP contribution in [0.4, 0.5) is 23.2 Å². The second kappa shape index (κ2) is 8.61. The van der Waals surface area contributed by atoms with Crippen LogP contribution in [-0.4, -0.2) is 25.8 Å². The molecule has 0 radical (unpaired) electrons. The van der Waals surface area contributed by atoms with Crippen molar-refractivity contribution in [1.29, 1.82) is 5.26 Å². The van der Waals surface area contributed by atoms with Crippen molar-refractivity contribution in [2.75, 3.05) is 16.8 Å². The van der Waals surface area contributed by atoms with Crippen molar-refractivity contribution in [2.45, 2.75) is 19.0 Å². The number of anilines is 1. The minimum absolute atomic E-state index is 0.200. The van der Waals surface area contributed by atoms with Crippen LogP contribution in [-0.2, 0) is 20.8 Å². The molecule has 154 valence electrons. The lowest BCUT2D eigenvalue weighted by Gasteiger charge is -2.18. The molecule has 10 heteroatoms. The fourth-order valence-corrected chi connectivity index (χ4v) is 3.66. The molecule has 0 spiro atoms. The van der Waals surface area contributed by atoms with Gasteiger partial charge in [-0.15, -0.1) is 0 Å². The second-order valence-corrected chi connectivity index (χ2v) is 8.56. The molecule has 1 atom stereocenters. The Bertz CT molecular complexity index is 1040. The summed E-state index contributed by atoms with van der Waals surface area (Å²) in [6.07, 6.45) is -4.81. The summed E-state index contributed by atoms with van der Waals surface area (Å²) in [6, 6.07) is 8.64. The predicted molar refractivity (Wildman–Crippen MR) is 98.3 cm³/mol. The number of amides is 1. The molecule has 0 aliphatic heterocycles. The Balaban J connectivity index is 2.40. The van der Waals surface area contributed by atoms with Crippen molar-refractivity contribution >= 4 is 21.4 Å². The number of carbonyl (C=O) groups excluding carboxylic acids is 1. The largest absolute Gasteiger partial charge is 0.417 e. The van der Waals surface area contributed by atoms with Crippen molar-refractivity contribution in [3.8, 4) is 6.07 Å². The van der Waals surface area contributed by atoms with Gasteiger partial charge in [0.2, 0.25) is 5.91 Å². The van der Waals surface area contributed by atoms with Crippen LogP contribution in [0, 0.1) is 17.1 Å². The molecule has 0 aromatic heterocycles. The number of nitrogens with zero attached hydrogens (tertiary/aromatic N) is 1. The van der Waals surface area contributed by atoms with Crippen molar-refractivity contribution in [1.82, 2.24) is 0 Å². The van der Waals surface area contributed by atoms with Gasteiger partial charge in [-0.2, -0.15) is 18.4 Å². The number of sulfone groups is 1. The summed E-state index contributed by atoms with van der Waals surface area (Å²) in [5.41, 5.74) is -1.88. The molecule has 5 nitrogen and oxygen atoms in total. The Morgan fingerprint density at radius 1 is 1.17 bits per heavy atom. The molecule has 0 aliphatic carbocycles. The van der Waals surface area contributed by atoms with E-state index in [1.165, 1.54) is 25.1 Å². The second-order valence-electron chi connectivity index (χ2n) is 6.16. The smallest absolute Gasteiger partial charge is 0.326 e. The van der Waals surface area contributed by atoms with E-state index in [9.17, 15) is 30.8 Å². The zero-order valence-electron chi connectivity index (χ0n) is 15.1. The summed E-state index contributed by atoms with van der Waals surface area (Å²) < 4.78 is 76.6. The van der Waals surface area contributed by atoms with Gasteiger partial charge in [0, 0.05) is 11.4 Å². The highest BCUT2D eigenvalue weighted by Crippen LogP contribution is 2.34. The highest BCUT2D eigenvalue weighted by molar-refractivity contribution is 7.91. The van der Waals surface area contributed by atoms with Crippen LogP contribution in [0.15, 0.2) is 42.5 Å². The maximum absolute atomic E-state index is 13.2. The fraction of sp³-hybridized carbons (Fsp3) is 0.263. The summed E-state index contributed by atoms with van der Waals surface area (Å²) in [4.78, 5) is 12.7. The van der Waals surface area contributed by atoms with E-state index < -0.39 is 50.5 Å². The maximum Gasteiger partial charge on any atom is 0.417 e. The number of nitrogens with one attached hydrogen (secondary N) is 1. The third-order valence-electron chi connectivity index (χ3n) is 4.16. The van der Waals surface area contributed by atoms with Gasteiger partial charge in [-0.05, 0) is 35.9 Å². The molecular formula is C19H16F4N2O3S. The summed E-state index contributed by atoms with van der Waals surface area (Å²) in [7, 11) is -3.63. The van der Waals surface area contributed by atoms with Crippen LogP contribution in [0.2, 0.25) is 0 Å². The molecule has 29 heavy (non-hydrogen) atoms. The number of carbonyl (C=O) groups is 1. The molecule has 0 heterocycles. The Morgan fingerprint density at radius 3 is 2.31 bits per heavy atom. The van der Waals surface area contributed by atoms with Crippen molar-refractivity contribution < 1.29 is 30.8 Å². The zero-order chi connectivity index (χ0) is 21.8. The third kappa shape index (κ3) is 5.77. The normalized spacial score (nSPS) is 12.8. The minimum atomic E-state index is -4.81. The Hall–Kier alpha value is -2.93. The molecule has 0 fully saturated rings. The van der Waals surface area contributed by atoms with Gasteiger partial charge in [0.15, 0.2) is 9.84 Å². The number of benzene rings is 2. The van der Waals surface area contributed by atoms with Gasteiger partial charge in [-0.25, -0.2) is 12.8 Å². The fourth-order valence-electron chi connectivity index (χ4n) is 2.57. The van der Waals surface area contributed by atoms with Crippen LogP contribution in [0.25, 0.3) is 0 Å². The van der Waals surface area contributed by atoms with E-state index in [2.05, 4.69) is 5.32 Å². The van der Waals surface area contributed by atoms with E-state index in [-0.39, 0.29) is 17.0 Å². The van der Waals surface area contributed by atoms with Crippen LogP contribution >= 0.6 is 0 Å². The third-order valence-corrected chi connectivity index (χ3v) is 5.88. The molecule has 1 N–H and O–H groups in total. The molecule has 2 aromatic carbocycles. The Kier molecular flexibility index (Phi) is 6.64. The topological polar surface area (TPSA) is 87.0 Å². The molecule has 0 saturated carbocycles. The van der Waals surface area contributed by atoms with Crippen LogP contribution in [0.1, 0.15) is 29.5 Å². The van der Waals surface area contributed by atoms with E-state index >= 15 is 0 Å². The van der Waals surface area contributed by atoms with E-state index in [4.69, 9.17) is 5.26 Å². The summed E-state index contributed by atoms with van der Waals surface area (Å²) in [5, 5.41) is 11.1. The van der Waals surface area contributed by atoms with Gasteiger partial charge < -0.3 is 5.32 Å². The first-order valence-corrected chi connectivity index (χ1v) is 10.2. The molecular weight excluding hydrogens is 412 g/mol. The Morgan fingerprint density at radius 2 is 1.79 bits per heavy atom. The number of rotatable bonds is 6. The standard InChI is InChI=1S/C19H16F4N2O3S/c1-2-29(27,28)11-16(12-3-6-14(20)7-4-12)18(26)25-15-8-5-13(10-24)17(9-15)19(21,22)23/h3-9,16H,2,11H2,1H3,(H,25,26). The lowest BCUT2D eigenvalue weighted by atomic mass is 9.99. The lowest BCUT2D eigenvalue weighted by Crippen LogP contribution is -2.28. The summed E-state index contributed by atoms with van der Waals surface area (Å²) in [5.74, 6) is -3.55. The van der Waals surface area contributed by atoms with Gasteiger partial charge in [-0.3, -0.25) is 4.79 Å². The van der Waals surface area contributed by atoms with Crippen molar-refractivity contribution in [3.05, 3.63) is 65.0 Å². The minimum Gasteiger partial charge on any atom is -0.326 e. The van der Waals surface area contributed by atoms with Gasteiger partial charge in [-0.1, -0.05) is 19.1 Å². The number of hydrogen-bond acceptors (Lipinski definition) is 4. The Labute approximate surface area is 164 Å². The molecule has 0 bridgehead atoms. The molecule has 1 amide bonds. The first-order chi connectivity index (χ1) is 13.5.